The first-order valence-corrected chi connectivity index (χ1v) is 10.4. The van der Waals surface area contributed by atoms with Gasteiger partial charge < -0.3 is 10.1 Å². The molecule has 9 nitrogen and oxygen atoms in total. The van der Waals surface area contributed by atoms with Crippen molar-refractivity contribution in [3.8, 4) is 5.88 Å². The second-order valence-corrected chi connectivity index (χ2v) is 7.71. The van der Waals surface area contributed by atoms with Gasteiger partial charge >= 0.3 is 0 Å². The van der Waals surface area contributed by atoms with E-state index in [2.05, 4.69) is 30.6 Å². The van der Waals surface area contributed by atoms with E-state index < -0.39 is 5.56 Å². The topological polar surface area (TPSA) is 123 Å². The lowest BCUT2D eigenvalue weighted by molar-refractivity contribution is 0.411. The van der Waals surface area contributed by atoms with Crippen molar-refractivity contribution >= 4 is 24.1 Å². The quantitative estimate of drug-likeness (QED) is 0.412. The number of nitrogens with one attached hydrogen (secondary N) is 2. The maximum absolute atomic E-state index is 12.5. The molecule has 0 saturated heterocycles. The summed E-state index contributed by atoms with van der Waals surface area (Å²) < 4.78 is 1.65. The average Bonchev–Trinajstić information content (AvgIpc) is 3.53. The molecule has 0 aliphatic carbocycles. The summed E-state index contributed by atoms with van der Waals surface area (Å²) in [5.41, 5.74) is 0.613. The molecular weight excluding hydrogens is 438 g/mol. The molecule has 0 bridgehead atoms. The summed E-state index contributed by atoms with van der Waals surface area (Å²) in [6.07, 6.45) is 1.59. The minimum Gasteiger partial charge on any atom is -0.494 e. The van der Waals surface area contributed by atoms with Crippen LogP contribution in [0.25, 0.3) is 11.9 Å². The molecule has 0 fully saturated rings. The third-order valence-electron chi connectivity index (χ3n) is 5.17. The Morgan fingerprint density at radius 1 is 0.909 bits per heavy atom. The van der Waals surface area contributed by atoms with E-state index in [4.69, 9.17) is 12.2 Å². The molecule has 2 aromatic heterocycles. The second kappa shape index (κ2) is 8.60. The zero-order valence-corrected chi connectivity index (χ0v) is 18.0. The third kappa shape index (κ3) is 4.19. The van der Waals surface area contributed by atoms with Gasteiger partial charge in [-0.2, -0.15) is 0 Å². The minimum atomic E-state index is -0.459. The fourth-order valence-corrected chi connectivity index (χ4v) is 3.74. The zero-order chi connectivity index (χ0) is 22.8. The Hall–Kier alpha value is -4.44. The number of aromatic nitrogens is 3. The van der Waals surface area contributed by atoms with Gasteiger partial charge in [0.25, 0.3) is 5.56 Å². The largest absolute Gasteiger partial charge is 0.494 e. The molecule has 0 unspecified atom stereocenters. The molecule has 0 saturated carbocycles. The van der Waals surface area contributed by atoms with Crippen LogP contribution in [0.2, 0.25) is 0 Å². The van der Waals surface area contributed by atoms with Gasteiger partial charge in [-0.3, -0.25) is 14.3 Å². The van der Waals surface area contributed by atoms with Gasteiger partial charge in [-0.1, -0.05) is 54.6 Å². The van der Waals surface area contributed by atoms with Crippen LogP contribution in [0, 0.1) is 15.3 Å². The van der Waals surface area contributed by atoms with E-state index in [0.717, 1.165) is 21.3 Å². The lowest BCUT2D eigenvalue weighted by atomic mass is 10.2. The molecule has 0 atom stereocenters. The van der Waals surface area contributed by atoms with Crippen molar-refractivity contribution in [3.63, 3.8) is 0 Å². The molecule has 5 rings (SSSR count). The van der Waals surface area contributed by atoms with Crippen molar-refractivity contribution in [3.05, 3.63) is 114 Å². The summed E-state index contributed by atoms with van der Waals surface area (Å²) in [6.45, 7) is 0.337. The fraction of sp³-hybridized carbons (Fsp3) is 0.0435. The summed E-state index contributed by atoms with van der Waals surface area (Å²) in [4.78, 5) is 18.4. The highest BCUT2D eigenvalue weighted by Crippen LogP contribution is 2.16. The summed E-state index contributed by atoms with van der Waals surface area (Å²) in [5, 5.41) is 28.8. The molecule has 0 spiro atoms. The van der Waals surface area contributed by atoms with Gasteiger partial charge in [0, 0.05) is 15.9 Å². The number of aromatic amines is 2. The number of hydrogen-bond donors (Lipinski definition) is 3. The van der Waals surface area contributed by atoms with Gasteiger partial charge in [-0.05, 0) is 51.7 Å². The van der Waals surface area contributed by atoms with Crippen LogP contribution in [0.15, 0.2) is 92.2 Å². The number of rotatable bonds is 3. The molecule has 1 aliphatic heterocycles. The van der Waals surface area contributed by atoms with Crippen LogP contribution in [-0.2, 0) is 6.54 Å². The number of H-pyrrole nitrogens is 2. The fourth-order valence-electron chi connectivity index (χ4n) is 3.50. The normalized spacial score (nSPS) is 13.2. The van der Waals surface area contributed by atoms with Crippen LogP contribution in [0.1, 0.15) is 11.1 Å². The molecule has 33 heavy (non-hydrogen) atoms. The molecule has 162 valence electrons. The SMILES string of the molecule is O=c1[nH]c(=S)n(Cc2ccccc2)c(O)c1C=c1ccc(=c2ccc(=C3N=NN=N3)cc2)[nH]1. The van der Waals surface area contributed by atoms with Gasteiger partial charge in [-0.25, -0.2) is 0 Å². The molecule has 3 heterocycles. The Kier molecular flexibility index (Phi) is 5.33. The first kappa shape index (κ1) is 20.5. The lowest BCUT2D eigenvalue weighted by Crippen LogP contribution is -2.19. The van der Waals surface area contributed by atoms with Gasteiger partial charge in [0.2, 0.25) is 11.7 Å². The molecule has 3 N–H and O–H groups in total. The average molecular weight is 456 g/mol. The second-order valence-electron chi connectivity index (χ2n) is 7.32. The van der Waals surface area contributed by atoms with Crippen molar-refractivity contribution in [2.45, 2.75) is 6.54 Å². The smallest absolute Gasteiger partial charge is 0.262 e. The number of benzene rings is 2. The predicted octanol–water partition coefficient (Wildman–Crippen LogP) is 3.00. The highest BCUT2D eigenvalue weighted by Gasteiger charge is 2.11. The maximum Gasteiger partial charge on any atom is 0.262 e. The van der Waals surface area contributed by atoms with Crippen LogP contribution >= 0.6 is 12.2 Å². The van der Waals surface area contributed by atoms with Crippen molar-refractivity contribution in [1.82, 2.24) is 14.5 Å². The summed E-state index contributed by atoms with van der Waals surface area (Å²) in [5.74, 6) is 0.274. The van der Waals surface area contributed by atoms with E-state index in [-0.39, 0.29) is 16.2 Å². The third-order valence-corrected chi connectivity index (χ3v) is 5.49. The van der Waals surface area contributed by atoms with Crippen LogP contribution in [-0.4, -0.2) is 19.6 Å². The monoisotopic (exact) mass is 455 g/mol. The Morgan fingerprint density at radius 2 is 1.61 bits per heavy atom. The van der Waals surface area contributed by atoms with Crippen molar-refractivity contribution in [1.29, 1.82) is 0 Å². The van der Waals surface area contributed by atoms with Crippen LogP contribution in [0.3, 0.4) is 0 Å². The number of nitrogens with zero attached hydrogens (tertiary/aromatic N) is 5. The highest BCUT2D eigenvalue weighted by atomic mass is 32.1. The maximum atomic E-state index is 12.5. The van der Waals surface area contributed by atoms with Crippen molar-refractivity contribution < 1.29 is 5.11 Å². The van der Waals surface area contributed by atoms with E-state index in [0.29, 0.717) is 17.7 Å². The van der Waals surface area contributed by atoms with Gasteiger partial charge in [-0.15, -0.1) is 10.2 Å². The zero-order valence-electron chi connectivity index (χ0n) is 17.1. The number of aromatic hydroxyl groups is 1. The van der Waals surface area contributed by atoms with Gasteiger partial charge in [0.05, 0.1) is 6.54 Å². The van der Waals surface area contributed by atoms with Crippen LogP contribution in [0.4, 0.5) is 0 Å². The van der Waals surface area contributed by atoms with E-state index in [1.165, 1.54) is 4.57 Å². The molecule has 10 heteroatoms. The van der Waals surface area contributed by atoms with E-state index in [9.17, 15) is 9.90 Å². The van der Waals surface area contributed by atoms with E-state index in [1.54, 1.807) is 6.08 Å². The molecule has 2 aromatic carbocycles. The van der Waals surface area contributed by atoms with Crippen LogP contribution < -0.4 is 16.1 Å². The first-order chi connectivity index (χ1) is 16.1. The first-order valence-electron chi connectivity index (χ1n) is 10.0. The van der Waals surface area contributed by atoms with E-state index in [1.807, 2.05) is 66.7 Å². The molecule has 0 radical (unpaired) electrons. The predicted molar refractivity (Wildman–Crippen MR) is 124 cm³/mol. The van der Waals surface area contributed by atoms with Crippen molar-refractivity contribution in [2.24, 2.45) is 20.7 Å². The highest BCUT2D eigenvalue weighted by molar-refractivity contribution is 7.71. The Balaban J connectivity index is 1.58. The summed E-state index contributed by atoms with van der Waals surface area (Å²) in [6, 6.07) is 20.9. The Morgan fingerprint density at radius 3 is 2.33 bits per heavy atom. The molecule has 1 aliphatic rings. The molecular formula is C23H17N7O2S. The minimum absolute atomic E-state index is 0.122. The number of hydrogen-bond acceptors (Lipinski definition) is 7. The molecule has 0 amide bonds. The Labute approximate surface area is 191 Å². The Bertz CT molecular complexity index is 1710. The van der Waals surface area contributed by atoms with E-state index >= 15 is 0 Å². The van der Waals surface area contributed by atoms with Crippen LogP contribution in [0.5, 0.6) is 5.88 Å². The van der Waals surface area contributed by atoms with Gasteiger partial charge in [0.1, 0.15) is 5.56 Å². The van der Waals surface area contributed by atoms with Crippen molar-refractivity contribution in [2.75, 3.05) is 0 Å². The standard InChI is InChI=1S/C23H17N7O2S/c31-21-18(22(32)30(23(33)25-21)13-14-4-2-1-3-5-14)12-17-10-11-19(24-17)15-6-8-16(9-7-15)20-26-28-29-27-20/h1-12,24,32H,13H2,(H,25,31,33). The summed E-state index contributed by atoms with van der Waals surface area (Å²) in [7, 11) is 0. The lowest BCUT2D eigenvalue weighted by Gasteiger charge is -2.11. The molecule has 4 aromatic rings. The van der Waals surface area contributed by atoms with Gasteiger partial charge in [0.15, 0.2) is 4.77 Å². The summed E-state index contributed by atoms with van der Waals surface area (Å²) >= 11 is 5.27.